The summed E-state index contributed by atoms with van der Waals surface area (Å²) in [4.78, 5) is 9.44. The lowest BCUT2D eigenvalue weighted by atomic mass is 10.6. The summed E-state index contributed by atoms with van der Waals surface area (Å²) in [5.74, 6) is 0.167. The average molecular weight is 158 g/mol. The SMILES string of the molecule is C=C[Si](C)(C)C.CC(C)=O. The summed E-state index contributed by atoms with van der Waals surface area (Å²) >= 11 is 0. The number of hydrogen-bond acceptors (Lipinski definition) is 1. The zero-order valence-corrected chi connectivity index (χ0v) is 8.69. The highest BCUT2D eigenvalue weighted by Gasteiger charge is 2.03. The minimum Gasteiger partial charge on any atom is -0.300 e. The van der Waals surface area contributed by atoms with Gasteiger partial charge in [-0.2, -0.15) is 0 Å². The van der Waals surface area contributed by atoms with Crippen molar-refractivity contribution in [1.29, 1.82) is 0 Å². The van der Waals surface area contributed by atoms with Crippen molar-refractivity contribution in [1.82, 2.24) is 0 Å². The molecule has 0 saturated carbocycles. The highest BCUT2D eigenvalue weighted by molar-refractivity contribution is 6.80. The van der Waals surface area contributed by atoms with Crippen LogP contribution < -0.4 is 0 Å². The van der Waals surface area contributed by atoms with Crippen LogP contribution in [0.1, 0.15) is 13.8 Å². The first-order chi connectivity index (χ1) is 4.29. The number of Topliss-reactive ketones (excluding diaryl/α,β-unsaturated/α-hetero) is 1. The molecule has 0 N–H and O–H groups in total. The zero-order valence-electron chi connectivity index (χ0n) is 7.69. The summed E-state index contributed by atoms with van der Waals surface area (Å²) in [6.45, 7) is 13.5. The lowest BCUT2D eigenvalue weighted by Gasteiger charge is -2.04. The second-order valence-electron chi connectivity index (χ2n) is 3.48. The largest absolute Gasteiger partial charge is 0.300 e. The average Bonchev–Trinajstić information content (AvgIpc) is 1.63. The number of carbonyl (C=O) groups is 1. The van der Waals surface area contributed by atoms with Gasteiger partial charge in [0, 0.05) is 0 Å². The highest BCUT2D eigenvalue weighted by Crippen LogP contribution is 1.98. The van der Waals surface area contributed by atoms with Gasteiger partial charge in [0.25, 0.3) is 0 Å². The molecule has 10 heavy (non-hydrogen) atoms. The number of hydrogen-bond donors (Lipinski definition) is 0. The Hall–Kier alpha value is -0.373. The van der Waals surface area contributed by atoms with Crippen LogP contribution in [0.3, 0.4) is 0 Å². The molecule has 0 atom stereocenters. The van der Waals surface area contributed by atoms with Crippen molar-refractivity contribution in [2.75, 3.05) is 0 Å². The lowest BCUT2D eigenvalue weighted by Crippen LogP contribution is -2.14. The van der Waals surface area contributed by atoms with Gasteiger partial charge in [-0.1, -0.05) is 19.6 Å². The maximum Gasteiger partial charge on any atom is 0.126 e. The van der Waals surface area contributed by atoms with Gasteiger partial charge < -0.3 is 4.79 Å². The van der Waals surface area contributed by atoms with Crippen molar-refractivity contribution in [2.45, 2.75) is 33.5 Å². The van der Waals surface area contributed by atoms with E-state index in [4.69, 9.17) is 0 Å². The van der Waals surface area contributed by atoms with Crippen molar-refractivity contribution in [3.63, 3.8) is 0 Å². The lowest BCUT2D eigenvalue weighted by molar-refractivity contribution is -0.114. The Kier molecular flexibility index (Phi) is 6.67. The first-order valence-electron chi connectivity index (χ1n) is 3.40. The molecular formula is C8H18OSi. The van der Waals surface area contributed by atoms with E-state index in [-0.39, 0.29) is 5.78 Å². The summed E-state index contributed by atoms with van der Waals surface area (Å²) in [5.41, 5.74) is 2.08. The van der Waals surface area contributed by atoms with E-state index in [0.29, 0.717) is 0 Å². The topological polar surface area (TPSA) is 17.1 Å². The normalized spacial score (nSPS) is 9.30. The molecule has 0 aromatic carbocycles. The van der Waals surface area contributed by atoms with Crippen LogP contribution in [0.2, 0.25) is 19.6 Å². The van der Waals surface area contributed by atoms with Crippen LogP contribution in [0.15, 0.2) is 12.3 Å². The molecule has 0 aliphatic carbocycles. The molecule has 0 aliphatic rings. The molecular weight excluding hydrogens is 140 g/mol. The predicted octanol–water partition coefficient (Wildman–Crippen LogP) is 2.65. The van der Waals surface area contributed by atoms with Crippen LogP contribution in [0.25, 0.3) is 0 Å². The molecule has 0 saturated heterocycles. The van der Waals surface area contributed by atoms with Crippen LogP contribution in [0.4, 0.5) is 0 Å². The van der Waals surface area contributed by atoms with Gasteiger partial charge in [0.1, 0.15) is 5.78 Å². The van der Waals surface area contributed by atoms with E-state index in [1.165, 1.54) is 13.8 Å². The van der Waals surface area contributed by atoms with E-state index < -0.39 is 8.07 Å². The maximum absolute atomic E-state index is 9.44. The van der Waals surface area contributed by atoms with Gasteiger partial charge in [0.15, 0.2) is 0 Å². The third-order valence-electron chi connectivity index (χ3n) is 0.612. The van der Waals surface area contributed by atoms with Gasteiger partial charge in [0.05, 0.1) is 8.07 Å². The van der Waals surface area contributed by atoms with E-state index in [1.54, 1.807) is 0 Å². The summed E-state index contributed by atoms with van der Waals surface area (Å²) in [5, 5.41) is 0. The summed E-state index contributed by atoms with van der Waals surface area (Å²) in [7, 11) is -0.867. The van der Waals surface area contributed by atoms with Gasteiger partial charge >= 0.3 is 0 Å². The summed E-state index contributed by atoms with van der Waals surface area (Å²) in [6, 6.07) is 0. The molecule has 0 fully saturated rings. The highest BCUT2D eigenvalue weighted by atomic mass is 28.3. The Morgan fingerprint density at radius 1 is 1.30 bits per heavy atom. The Morgan fingerprint density at radius 3 is 1.40 bits per heavy atom. The molecule has 0 bridgehead atoms. The Labute approximate surface area is 65.2 Å². The molecule has 0 aliphatic heterocycles. The second kappa shape index (κ2) is 5.41. The number of carbonyl (C=O) groups excluding carboxylic acids is 1. The Balaban J connectivity index is 0. The molecule has 0 amide bonds. The molecule has 0 aromatic rings. The maximum atomic E-state index is 9.44. The standard InChI is InChI=1S/C5H12Si.C3H6O/c1-5-6(2,3)4;1-3(2)4/h5H,1H2,2-4H3;1-2H3. The molecule has 0 rings (SSSR count). The quantitative estimate of drug-likeness (QED) is 0.536. The predicted molar refractivity (Wildman–Crippen MR) is 49.9 cm³/mol. The third-order valence-corrected chi connectivity index (χ3v) is 1.84. The fraction of sp³-hybridized carbons (Fsp3) is 0.625. The Bertz CT molecular complexity index is 107. The van der Waals surface area contributed by atoms with Crippen LogP contribution in [0, 0.1) is 0 Å². The van der Waals surface area contributed by atoms with Crippen LogP contribution in [0.5, 0.6) is 0 Å². The van der Waals surface area contributed by atoms with Crippen LogP contribution >= 0.6 is 0 Å². The van der Waals surface area contributed by atoms with Gasteiger partial charge in [-0.05, 0) is 13.8 Å². The van der Waals surface area contributed by atoms with Crippen molar-refractivity contribution >= 4 is 13.9 Å². The second-order valence-corrected chi connectivity index (χ2v) is 8.62. The first kappa shape index (κ1) is 12.3. The van der Waals surface area contributed by atoms with Crippen LogP contribution in [-0.4, -0.2) is 13.9 Å². The first-order valence-corrected chi connectivity index (χ1v) is 6.98. The van der Waals surface area contributed by atoms with E-state index in [9.17, 15) is 4.79 Å². The molecule has 1 nitrogen and oxygen atoms in total. The minimum atomic E-state index is -0.867. The zero-order chi connectivity index (χ0) is 8.78. The van der Waals surface area contributed by atoms with Gasteiger partial charge in [-0.15, -0.1) is 12.3 Å². The van der Waals surface area contributed by atoms with Gasteiger partial charge in [-0.3, -0.25) is 0 Å². The number of ketones is 1. The monoisotopic (exact) mass is 158 g/mol. The van der Waals surface area contributed by atoms with E-state index >= 15 is 0 Å². The van der Waals surface area contributed by atoms with Crippen molar-refractivity contribution in [3.8, 4) is 0 Å². The number of rotatable bonds is 1. The van der Waals surface area contributed by atoms with E-state index in [1.807, 2.05) is 0 Å². The minimum absolute atomic E-state index is 0.167. The van der Waals surface area contributed by atoms with Gasteiger partial charge in [-0.25, -0.2) is 0 Å². The molecule has 60 valence electrons. The molecule has 0 heterocycles. The molecule has 2 heteroatoms. The Morgan fingerprint density at radius 2 is 1.40 bits per heavy atom. The molecule has 0 radical (unpaired) electrons. The van der Waals surface area contributed by atoms with E-state index in [2.05, 4.69) is 31.9 Å². The van der Waals surface area contributed by atoms with Crippen LogP contribution in [-0.2, 0) is 4.79 Å². The van der Waals surface area contributed by atoms with Crippen molar-refractivity contribution in [3.05, 3.63) is 12.3 Å². The third kappa shape index (κ3) is 48.5. The molecule has 0 spiro atoms. The van der Waals surface area contributed by atoms with E-state index in [0.717, 1.165) is 0 Å². The van der Waals surface area contributed by atoms with Crippen molar-refractivity contribution in [2.24, 2.45) is 0 Å². The summed E-state index contributed by atoms with van der Waals surface area (Å²) in [6.07, 6.45) is 0. The van der Waals surface area contributed by atoms with Crippen molar-refractivity contribution < 1.29 is 4.79 Å². The fourth-order valence-electron chi connectivity index (χ4n) is 0. The van der Waals surface area contributed by atoms with Gasteiger partial charge in [0.2, 0.25) is 0 Å². The molecule has 0 unspecified atom stereocenters. The fourth-order valence-corrected chi connectivity index (χ4v) is 0. The molecule has 0 aromatic heterocycles. The summed E-state index contributed by atoms with van der Waals surface area (Å²) < 4.78 is 0. The smallest absolute Gasteiger partial charge is 0.126 e.